The molecule has 4 aromatic rings. The van der Waals surface area contributed by atoms with Crippen LogP contribution in [-0.2, 0) is 17.8 Å². The van der Waals surface area contributed by atoms with Crippen LogP contribution in [0.5, 0.6) is 0 Å². The summed E-state index contributed by atoms with van der Waals surface area (Å²) in [6.45, 7) is 2.72. The summed E-state index contributed by atoms with van der Waals surface area (Å²) >= 11 is 1.43. The maximum absolute atomic E-state index is 12.4. The Kier molecular flexibility index (Phi) is 5.48. The summed E-state index contributed by atoms with van der Waals surface area (Å²) in [5, 5.41) is 2.46. The number of thiazole rings is 1. The smallest absolute Gasteiger partial charge is 0.258 e. The molecule has 0 aliphatic rings. The first-order chi connectivity index (χ1) is 14.1. The lowest BCUT2D eigenvalue weighted by Gasteiger charge is -2.04. The van der Waals surface area contributed by atoms with Gasteiger partial charge < -0.3 is 9.55 Å². The molecule has 0 saturated heterocycles. The molecule has 0 saturated carbocycles. The number of H-pyrrole nitrogens is 1. The second-order valence-electron chi connectivity index (χ2n) is 6.83. The van der Waals surface area contributed by atoms with Crippen LogP contribution in [0.2, 0.25) is 0 Å². The Morgan fingerprint density at radius 2 is 1.97 bits per heavy atom. The van der Waals surface area contributed by atoms with Crippen molar-refractivity contribution >= 4 is 28.1 Å². The Labute approximate surface area is 171 Å². The molecule has 0 fully saturated rings. The van der Waals surface area contributed by atoms with E-state index >= 15 is 0 Å². The lowest BCUT2D eigenvalue weighted by Crippen LogP contribution is -2.17. The zero-order valence-corrected chi connectivity index (χ0v) is 16.8. The number of para-hydroxylation sites is 1. The van der Waals surface area contributed by atoms with Gasteiger partial charge in [0.05, 0.1) is 10.9 Å². The Morgan fingerprint density at radius 3 is 2.79 bits per heavy atom. The number of nitrogens with zero attached hydrogens (tertiary/aromatic N) is 3. The van der Waals surface area contributed by atoms with Crippen LogP contribution in [-0.4, -0.2) is 20.4 Å². The SMILES string of the molecule is Cc1ccc(Cn2ccsc2=NC(=O)CCc2nc3ccccc3c(=O)[nH]2)cc1. The minimum absolute atomic E-state index is 0.184. The van der Waals surface area contributed by atoms with Gasteiger partial charge in [-0.1, -0.05) is 42.0 Å². The van der Waals surface area contributed by atoms with E-state index in [9.17, 15) is 9.59 Å². The molecule has 0 radical (unpaired) electrons. The number of rotatable bonds is 5. The fraction of sp³-hybridized carbons (Fsp3) is 0.182. The third-order valence-electron chi connectivity index (χ3n) is 4.59. The highest BCUT2D eigenvalue weighted by atomic mass is 32.1. The molecule has 2 heterocycles. The summed E-state index contributed by atoms with van der Waals surface area (Å²) in [7, 11) is 0. The molecule has 0 atom stereocenters. The van der Waals surface area contributed by atoms with Crippen molar-refractivity contribution in [2.75, 3.05) is 0 Å². The average molecular weight is 404 g/mol. The Hall–Kier alpha value is -3.32. The van der Waals surface area contributed by atoms with Crippen LogP contribution in [0.25, 0.3) is 10.9 Å². The summed E-state index contributed by atoms with van der Waals surface area (Å²) in [5.41, 5.74) is 2.80. The predicted molar refractivity (Wildman–Crippen MR) is 114 cm³/mol. The Morgan fingerprint density at radius 1 is 1.17 bits per heavy atom. The van der Waals surface area contributed by atoms with Crippen molar-refractivity contribution in [2.45, 2.75) is 26.3 Å². The first-order valence-electron chi connectivity index (χ1n) is 9.33. The van der Waals surface area contributed by atoms with Crippen molar-refractivity contribution in [3.8, 4) is 0 Å². The van der Waals surface area contributed by atoms with Gasteiger partial charge in [0.2, 0.25) is 5.91 Å². The highest BCUT2D eigenvalue weighted by Gasteiger charge is 2.07. The molecule has 7 heteroatoms. The fourth-order valence-corrected chi connectivity index (χ4v) is 3.78. The molecule has 4 rings (SSSR count). The number of benzene rings is 2. The van der Waals surface area contributed by atoms with E-state index in [1.54, 1.807) is 18.2 Å². The lowest BCUT2D eigenvalue weighted by molar-refractivity contribution is -0.118. The van der Waals surface area contributed by atoms with Gasteiger partial charge in [0.1, 0.15) is 5.82 Å². The maximum Gasteiger partial charge on any atom is 0.258 e. The number of hydrogen-bond donors (Lipinski definition) is 1. The number of aromatic amines is 1. The minimum atomic E-state index is -0.235. The summed E-state index contributed by atoms with van der Waals surface area (Å²) in [5.74, 6) is 0.261. The molecule has 29 heavy (non-hydrogen) atoms. The number of aryl methyl sites for hydroxylation is 2. The van der Waals surface area contributed by atoms with E-state index in [0.29, 0.717) is 34.5 Å². The van der Waals surface area contributed by atoms with Gasteiger partial charge in [0, 0.05) is 31.0 Å². The second kappa shape index (κ2) is 8.36. The largest absolute Gasteiger partial charge is 0.319 e. The van der Waals surface area contributed by atoms with E-state index in [-0.39, 0.29) is 17.9 Å². The van der Waals surface area contributed by atoms with Gasteiger partial charge in [0.25, 0.3) is 5.56 Å². The zero-order chi connectivity index (χ0) is 20.2. The van der Waals surface area contributed by atoms with Crippen LogP contribution in [0.1, 0.15) is 23.4 Å². The molecule has 0 spiro atoms. The number of hydrogen-bond acceptors (Lipinski definition) is 4. The van der Waals surface area contributed by atoms with E-state index in [4.69, 9.17) is 0 Å². The van der Waals surface area contributed by atoms with Crippen LogP contribution < -0.4 is 10.4 Å². The quantitative estimate of drug-likeness (QED) is 0.555. The van der Waals surface area contributed by atoms with E-state index < -0.39 is 0 Å². The second-order valence-corrected chi connectivity index (χ2v) is 7.71. The van der Waals surface area contributed by atoms with Gasteiger partial charge in [-0.3, -0.25) is 9.59 Å². The van der Waals surface area contributed by atoms with Crippen molar-refractivity contribution in [1.82, 2.24) is 14.5 Å². The van der Waals surface area contributed by atoms with E-state index in [1.165, 1.54) is 16.9 Å². The number of nitrogens with one attached hydrogen (secondary N) is 1. The van der Waals surface area contributed by atoms with Crippen LogP contribution in [0.3, 0.4) is 0 Å². The summed E-state index contributed by atoms with van der Waals surface area (Å²) in [4.78, 5) is 36.6. The molecular formula is C22H20N4O2S. The standard InChI is InChI=1S/C22H20N4O2S/c1-15-6-8-16(9-7-15)14-26-12-13-29-22(26)25-20(27)11-10-19-23-18-5-3-2-4-17(18)21(28)24-19/h2-9,12-13H,10-11,14H2,1H3,(H,23,24,28). The lowest BCUT2D eigenvalue weighted by atomic mass is 10.1. The first-order valence-corrected chi connectivity index (χ1v) is 10.2. The molecule has 0 aliphatic carbocycles. The number of amides is 1. The first kappa shape index (κ1) is 19.0. The van der Waals surface area contributed by atoms with Gasteiger partial charge in [-0.05, 0) is 24.6 Å². The Balaban J connectivity index is 1.47. The maximum atomic E-state index is 12.4. The zero-order valence-electron chi connectivity index (χ0n) is 16.0. The van der Waals surface area contributed by atoms with Crippen LogP contribution >= 0.6 is 11.3 Å². The summed E-state index contributed by atoms with van der Waals surface area (Å²) in [6, 6.07) is 15.5. The highest BCUT2D eigenvalue weighted by Crippen LogP contribution is 2.07. The Bertz CT molecular complexity index is 1280. The van der Waals surface area contributed by atoms with Gasteiger partial charge in [-0.2, -0.15) is 4.99 Å². The molecule has 6 nitrogen and oxygen atoms in total. The topological polar surface area (TPSA) is 80.1 Å². The van der Waals surface area contributed by atoms with Gasteiger partial charge >= 0.3 is 0 Å². The van der Waals surface area contributed by atoms with Gasteiger partial charge in [-0.15, -0.1) is 11.3 Å². The molecule has 146 valence electrons. The molecule has 1 amide bonds. The number of fused-ring (bicyclic) bond motifs is 1. The normalized spacial score (nSPS) is 11.8. The van der Waals surface area contributed by atoms with E-state index in [2.05, 4.69) is 46.1 Å². The molecule has 2 aromatic carbocycles. The third-order valence-corrected chi connectivity index (χ3v) is 5.39. The molecular weight excluding hydrogens is 384 g/mol. The van der Waals surface area contributed by atoms with Crippen molar-refractivity contribution < 1.29 is 4.79 Å². The molecule has 0 bridgehead atoms. The monoisotopic (exact) mass is 404 g/mol. The number of aromatic nitrogens is 3. The van der Waals surface area contributed by atoms with Crippen LogP contribution in [0.15, 0.2) is 69.9 Å². The molecule has 2 aromatic heterocycles. The van der Waals surface area contributed by atoms with Crippen molar-refractivity contribution in [3.63, 3.8) is 0 Å². The number of carbonyl (C=O) groups is 1. The van der Waals surface area contributed by atoms with Crippen LogP contribution in [0.4, 0.5) is 0 Å². The van der Waals surface area contributed by atoms with E-state index in [1.807, 2.05) is 22.2 Å². The molecule has 0 unspecified atom stereocenters. The number of carbonyl (C=O) groups excluding carboxylic acids is 1. The van der Waals surface area contributed by atoms with Crippen molar-refractivity contribution in [1.29, 1.82) is 0 Å². The third kappa shape index (κ3) is 4.57. The van der Waals surface area contributed by atoms with Gasteiger partial charge in [0.15, 0.2) is 4.80 Å². The summed E-state index contributed by atoms with van der Waals surface area (Å²) < 4.78 is 1.96. The van der Waals surface area contributed by atoms with Crippen molar-refractivity contribution in [2.24, 2.45) is 4.99 Å². The summed E-state index contributed by atoms with van der Waals surface area (Å²) in [6.07, 6.45) is 2.45. The van der Waals surface area contributed by atoms with Crippen molar-refractivity contribution in [3.05, 3.63) is 92.2 Å². The highest BCUT2D eigenvalue weighted by molar-refractivity contribution is 7.07. The predicted octanol–water partition coefficient (Wildman–Crippen LogP) is 3.20. The minimum Gasteiger partial charge on any atom is -0.319 e. The van der Waals surface area contributed by atoms with Gasteiger partial charge in [-0.25, -0.2) is 4.98 Å². The molecule has 1 N–H and O–H groups in total. The average Bonchev–Trinajstić information content (AvgIpc) is 3.15. The molecule has 0 aliphatic heterocycles. The van der Waals surface area contributed by atoms with Crippen LogP contribution in [0, 0.1) is 6.92 Å². The fourth-order valence-electron chi connectivity index (χ4n) is 3.04. The van der Waals surface area contributed by atoms with E-state index in [0.717, 1.165) is 5.56 Å².